The molecular formula is C21H26Cl2N3O2+. The molecule has 2 atom stereocenters. The van der Waals surface area contributed by atoms with Gasteiger partial charge in [0.25, 0.3) is 11.8 Å². The third kappa shape index (κ3) is 5.71. The number of halogens is 2. The van der Waals surface area contributed by atoms with Crippen molar-refractivity contribution >= 4 is 46.4 Å². The molecule has 1 unspecified atom stereocenters. The minimum atomic E-state index is -0.457. The molecule has 0 aliphatic heterocycles. The summed E-state index contributed by atoms with van der Waals surface area (Å²) in [4.78, 5) is 25.8. The number of carbonyl (C=O) groups excluding carboxylic acids is 2. The van der Waals surface area contributed by atoms with Gasteiger partial charge in [-0.1, -0.05) is 40.9 Å². The highest BCUT2D eigenvalue weighted by molar-refractivity contribution is 6.35. The maximum absolute atomic E-state index is 12.5. The molecule has 0 heterocycles. The second-order valence-corrected chi connectivity index (χ2v) is 8.02. The van der Waals surface area contributed by atoms with E-state index in [0.717, 1.165) is 27.3 Å². The summed E-state index contributed by atoms with van der Waals surface area (Å²) < 4.78 is 0. The summed E-state index contributed by atoms with van der Waals surface area (Å²) in [5.41, 5.74) is 4.47. The predicted molar refractivity (Wildman–Crippen MR) is 116 cm³/mol. The van der Waals surface area contributed by atoms with Crippen LogP contribution in [0.2, 0.25) is 10.0 Å². The minimum absolute atomic E-state index is 0.145. The van der Waals surface area contributed by atoms with Crippen molar-refractivity contribution < 1.29 is 14.5 Å². The highest BCUT2D eigenvalue weighted by atomic mass is 35.5. The zero-order chi connectivity index (χ0) is 21.0. The third-order valence-corrected chi connectivity index (χ3v) is 5.26. The van der Waals surface area contributed by atoms with Gasteiger partial charge in [0.2, 0.25) is 0 Å². The van der Waals surface area contributed by atoms with Gasteiger partial charge in [-0.05, 0) is 57.0 Å². The fourth-order valence-electron chi connectivity index (χ4n) is 3.03. The van der Waals surface area contributed by atoms with Crippen molar-refractivity contribution in [3.8, 4) is 0 Å². The van der Waals surface area contributed by atoms with Crippen LogP contribution in [0, 0.1) is 20.8 Å². The number of aryl methyl sites for hydroxylation is 3. The van der Waals surface area contributed by atoms with Gasteiger partial charge in [0.15, 0.2) is 12.6 Å². The number of likely N-dealkylation sites (N-methyl/N-ethyl adjacent to an activating group) is 1. The average Bonchev–Trinajstić information content (AvgIpc) is 2.60. The van der Waals surface area contributed by atoms with E-state index in [2.05, 4.69) is 10.6 Å². The number of benzene rings is 2. The van der Waals surface area contributed by atoms with Crippen LogP contribution in [-0.4, -0.2) is 31.4 Å². The van der Waals surface area contributed by atoms with Crippen molar-refractivity contribution in [1.82, 2.24) is 0 Å². The first kappa shape index (κ1) is 22.2. The van der Waals surface area contributed by atoms with Gasteiger partial charge in [-0.2, -0.15) is 0 Å². The largest absolute Gasteiger partial charge is 0.321 e. The molecule has 0 aliphatic carbocycles. The van der Waals surface area contributed by atoms with E-state index in [4.69, 9.17) is 23.2 Å². The molecule has 0 aromatic heterocycles. The second kappa shape index (κ2) is 9.41. The van der Waals surface area contributed by atoms with Gasteiger partial charge in [-0.25, -0.2) is 0 Å². The highest BCUT2D eigenvalue weighted by Crippen LogP contribution is 2.25. The van der Waals surface area contributed by atoms with E-state index < -0.39 is 6.04 Å². The smallest absolute Gasteiger partial charge is 0.282 e. The SMILES string of the molecule is Cc1cc(C)c(NC(=O)C[NH+](C)[C@@H](C)C(=O)Nc2cc(Cl)ccc2Cl)c(C)c1. The molecule has 0 fully saturated rings. The maximum Gasteiger partial charge on any atom is 0.282 e. The number of hydrogen-bond acceptors (Lipinski definition) is 2. The number of quaternary nitrogens is 1. The fraction of sp³-hybridized carbons (Fsp3) is 0.333. The first-order valence-corrected chi connectivity index (χ1v) is 9.80. The van der Waals surface area contributed by atoms with E-state index in [0.29, 0.717) is 15.7 Å². The zero-order valence-corrected chi connectivity index (χ0v) is 18.3. The molecule has 0 radical (unpaired) electrons. The molecule has 2 amide bonds. The van der Waals surface area contributed by atoms with E-state index in [-0.39, 0.29) is 18.4 Å². The molecule has 0 saturated heterocycles. The molecule has 150 valence electrons. The molecule has 7 heteroatoms. The fourth-order valence-corrected chi connectivity index (χ4v) is 3.36. The van der Waals surface area contributed by atoms with E-state index >= 15 is 0 Å². The second-order valence-electron chi connectivity index (χ2n) is 7.18. The first-order chi connectivity index (χ1) is 13.1. The van der Waals surface area contributed by atoms with Crippen LogP contribution < -0.4 is 15.5 Å². The molecule has 0 saturated carbocycles. The standard InChI is InChI=1S/C21H25Cl2N3O2/c1-12-8-13(2)20(14(3)9-12)25-19(27)11-26(5)15(4)21(28)24-18-10-16(22)6-7-17(18)23/h6-10,15H,11H2,1-5H3,(H,24,28)(H,25,27)/p+1/t15-/m0/s1. The van der Waals surface area contributed by atoms with Crippen LogP contribution in [0.15, 0.2) is 30.3 Å². The maximum atomic E-state index is 12.5. The molecule has 2 rings (SSSR count). The van der Waals surface area contributed by atoms with E-state index in [9.17, 15) is 9.59 Å². The van der Waals surface area contributed by atoms with Crippen LogP contribution in [0.25, 0.3) is 0 Å². The Morgan fingerprint density at radius 1 is 1.04 bits per heavy atom. The van der Waals surface area contributed by atoms with Gasteiger partial charge in [-0.3, -0.25) is 9.59 Å². The summed E-state index contributed by atoms with van der Waals surface area (Å²) in [6, 6.07) is 8.48. The lowest BCUT2D eigenvalue weighted by Gasteiger charge is -2.21. The van der Waals surface area contributed by atoms with Gasteiger partial charge in [0.05, 0.1) is 17.8 Å². The van der Waals surface area contributed by atoms with E-state index in [1.54, 1.807) is 32.2 Å². The summed E-state index contributed by atoms with van der Waals surface area (Å²) in [5.74, 6) is -0.384. The lowest BCUT2D eigenvalue weighted by Crippen LogP contribution is -3.14. The quantitative estimate of drug-likeness (QED) is 0.667. The van der Waals surface area contributed by atoms with Crippen LogP contribution in [0.5, 0.6) is 0 Å². The zero-order valence-electron chi connectivity index (χ0n) is 16.7. The van der Waals surface area contributed by atoms with E-state index in [1.807, 2.05) is 32.9 Å². The average molecular weight is 423 g/mol. The Morgan fingerprint density at radius 3 is 2.25 bits per heavy atom. The Bertz CT molecular complexity index is 876. The van der Waals surface area contributed by atoms with Crippen LogP contribution in [0.4, 0.5) is 11.4 Å². The van der Waals surface area contributed by atoms with Crippen molar-refractivity contribution in [2.75, 3.05) is 24.2 Å². The number of anilines is 2. The number of nitrogens with one attached hydrogen (secondary N) is 3. The molecular weight excluding hydrogens is 397 g/mol. The molecule has 0 aliphatic rings. The van der Waals surface area contributed by atoms with Gasteiger partial charge >= 0.3 is 0 Å². The van der Waals surface area contributed by atoms with Crippen LogP contribution in [0.3, 0.4) is 0 Å². The van der Waals surface area contributed by atoms with Gasteiger partial charge in [0, 0.05) is 10.7 Å². The van der Waals surface area contributed by atoms with Crippen molar-refractivity contribution in [1.29, 1.82) is 0 Å². The van der Waals surface area contributed by atoms with Crippen LogP contribution >= 0.6 is 23.2 Å². The number of carbonyl (C=O) groups is 2. The number of hydrogen-bond donors (Lipinski definition) is 3. The summed E-state index contributed by atoms with van der Waals surface area (Å²) in [5, 5.41) is 6.63. The van der Waals surface area contributed by atoms with Gasteiger partial charge in [-0.15, -0.1) is 0 Å². The topological polar surface area (TPSA) is 62.6 Å². The summed E-state index contributed by atoms with van der Waals surface area (Å²) in [6.07, 6.45) is 0. The van der Waals surface area contributed by atoms with E-state index in [1.165, 1.54) is 0 Å². The highest BCUT2D eigenvalue weighted by Gasteiger charge is 2.25. The lowest BCUT2D eigenvalue weighted by molar-refractivity contribution is -0.885. The number of rotatable bonds is 6. The van der Waals surface area contributed by atoms with Gasteiger partial charge < -0.3 is 15.5 Å². The van der Waals surface area contributed by atoms with Gasteiger partial charge in [0.1, 0.15) is 0 Å². The molecule has 2 aromatic rings. The Balaban J connectivity index is 1.99. The van der Waals surface area contributed by atoms with Crippen molar-refractivity contribution in [2.45, 2.75) is 33.7 Å². The summed E-state index contributed by atoms with van der Waals surface area (Å²) in [7, 11) is 1.80. The first-order valence-electron chi connectivity index (χ1n) is 9.04. The van der Waals surface area contributed by atoms with Crippen molar-refractivity contribution in [3.05, 3.63) is 57.1 Å². The molecule has 0 bridgehead atoms. The van der Waals surface area contributed by atoms with Crippen molar-refractivity contribution in [3.63, 3.8) is 0 Å². The minimum Gasteiger partial charge on any atom is -0.321 e. The number of amides is 2. The molecule has 3 N–H and O–H groups in total. The molecule has 28 heavy (non-hydrogen) atoms. The predicted octanol–water partition coefficient (Wildman–Crippen LogP) is 3.40. The van der Waals surface area contributed by atoms with Crippen LogP contribution in [-0.2, 0) is 9.59 Å². The summed E-state index contributed by atoms with van der Waals surface area (Å²) >= 11 is 12.1. The Hall–Kier alpha value is -2.08. The molecule has 0 spiro atoms. The molecule has 5 nitrogen and oxygen atoms in total. The monoisotopic (exact) mass is 422 g/mol. The molecule has 2 aromatic carbocycles. The normalized spacial score (nSPS) is 13.0. The lowest BCUT2D eigenvalue weighted by atomic mass is 10.1. The Morgan fingerprint density at radius 2 is 1.64 bits per heavy atom. The third-order valence-electron chi connectivity index (χ3n) is 4.70. The summed E-state index contributed by atoms with van der Waals surface area (Å²) in [6.45, 7) is 7.88. The van der Waals surface area contributed by atoms with Crippen LogP contribution in [0.1, 0.15) is 23.6 Å². The van der Waals surface area contributed by atoms with Crippen molar-refractivity contribution in [2.24, 2.45) is 0 Å². The Labute approximate surface area is 176 Å². The Kier molecular flexibility index (Phi) is 7.47.